The van der Waals surface area contributed by atoms with Gasteiger partial charge in [-0.2, -0.15) is 0 Å². The van der Waals surface area contributed by atoms with Crippen molar-refractivity contribution in [3.8, 4) is 11.5 Å². The number of phenols is 1. The topological polar surface area (TPSA) is 29.5 Å². The zero-order valence-electron chi connectivity index (χ0n) is 10.6. The van der Waals surface area contributed by atoms with Crippen molar-refractivity contribution >= 4 is 0 Å². The first kappa shape index (κ1) is 12.3. The number of rotatable bonds is 2. The molecule has 0 unspecified atom stereocenters. The predicted octanol–water partition coefficient (Wildman–Crippen LogP) is 4.23. The van der Waals surface area contributed by atoms with Crippen molar-refractivity contribution in [1.82, 2.24) is 0 Å². The Bertz CT molecular complexity index is 352. The molecule has 0 radical (unpaired) electrons. The predicted molar refractivity (Wildman–Crippen MR) is 69.7 cm³/mol. The molecule has 17 heavy (non-hydrogen) atoms. The smallest absolute Gasteiger partial charge is 0.119 e. The average molecular weight is 234 g/mol. The summed E-state index contributed by atoms with van der Waals surface area (Å²) in [6, 6.07) is 5.58. The molecule has 0 bridgehead atoms. The van der Waals surface area contributed by atoms with Crippen molar-refractivity contribution in [3.63, 3.8) is 0 Å². The van der Waals surface area contributed by atoms with Crippen LogP contribution >= 0.6 is 0 Å². The van der Waals surface area contributed by atoms with Crippen molar-refractivity contribution in [2.75, 3.05) is 7.11 Å². The number of phenolic OH excluding ortho intramolecular Hbond substituents is 1. The van der Waals surface area contributed by atoms with Gasteiger partial charge in [-0.05, 0) is 37.0 Å². The first-order chi connectivity index (χ1) is 8.31. The highest BCUT2D eigenvalue weighted by Crippen LogP contribution is 2.37. The van der Waals surface area contributed by atoms with Gasteiger partial charge in [0.05, 0.1) is 7.11 Å². The Morgan fingerprint density at radius 2 is 1.71 bits per heavy atom. The molecule has 0 aromatic heterocycles. The van der Waals surface area contributed by atoms with Crippen LogP contribution in [0.1, 0.15) is 56.4 Å². The van der Waals surface area contributed by atoms with E-state index >= 15 is 0 Å². The number of hydrogen-bond donors (Lipinski definition) is 1. The standard InChI is InChI=1S/C15H22O2/c1-17-13-9-10-15(16)14(11-13)12-7-5-3-2-4-6-8-12/h9-12,16H,2-8H2,1H3. The Kier molecular flexibility index (Phi) is 4.29. The van der Waals surface area contributed by atoms with Crippen molar-refractivity contribution in [1.29, 1.82) is 0 Å². The van der Waals surface area contributed by atoms with E-state index in [1.165, 1.54) is 44.9 Å². The van der Waals surface area contributed by atoms with Gasteiger partial charge in [0.25, 0.3) is 0 Å². The summed E-state index contributed by atoms with van der Waals surface area (Å²) in [4.78, 5) is 0. The SMILES string of the molecule is COc1ccc(O)c(C2CCCCCCC2)c1. The van der Waals surface area contributed by atoms with Gasteiger partial charge < -0.3 is 9.84 Å². The molecule has 0 heterocycles. The minimum Gasteiger partial charge on any atom is -0.508 e. The van der Waals surface area contributed by atoms with E-state index in [0.717, 1.165) is 11.3 Å². The molecule has 1 saturated carbocycles. The van der Waals surface area contributed by atoms with Crippen LogP contribution in [0.15, 0.2) is 18.2 Å². The van der Waals surface area contributed by atoms with E-state index < -0.39 is 0 Å². The Morgan fingerprint density at radius 1 is 1.06 bits per heavy atom. The van der Waals surface area contributed by atoms with Gasteiger partial charge in [0, 0.05) is 5.56 Å². The molecule has 0 atom stereocenters. The third-order valence-electron chi connectivity index (χ3n) is 3.78. The summed E-state index contributed by atoms with van der Waals surface area (Å²) in [6.45, 7) is 0. The Balaban J connectivity index is 2.17. The van der Waals surface area contributed by atoms with Gasteiger partial charge in [0.1, 0.15) is 11.5 Å². The van der Waals surface area contributed by atoms with Crippen molar-refractivity contribution in [2.45, 2.75) is 50.9 Å². The molecule has 0 spiro atoms. The van der Waals surface area contributed by atoms with E-state index in [9.17, 15) is 5.11 Å². The third kappa shape index (κ3) is 3.15. The Labute approximate surface area is 104 Å². The molecule has 1 aromatic carbocycles. The molecule has 2 nitrogen and oxygen atoms in total. The number of benzene rings is 1. The second-order valence-electron chi connectivity index (χ2n) is 4.97. The molecule has 1 N–H and O–H groups in total. The maximum Gasteiger partial charge on any atom is 0.119 e. The molecule has 2 heteroatoms. The maximum atomic E-state index is 9.99. The molecule has 1 aliphatic carbocycles. The lowest BCUT2D eigenvalue weighted by molar-refractivity contribution is 0.401. The van der Waals surface area contributed by atoms with E-state index in [0.29, 0.717) is 11.7 Å². The fourth-order valence-electron chi connectivity index (χ4n) is 2.75. The minimum atomic E-state index is 0.427. The number of aromatic hydroxyl groups is 1. The van der Waals surface area contributed by atoms with E-state index in [1.807, 2.05) is 12.1 Å². The molecule has 94 valence electrons. The highest BCUT2D eigenvalue weighted by molar-refractivity contribution is 5.41. The first-order valence-corrected chi connectivity index (χ1v) is 6.68. The van der Waals surface area contributed by atoms with Crippen LogP contribution in [-0.4, -0.2) is 12.2 Å². The van der Waals surface area contributed by atoms with Crippen LogP contribution in [0.25, 0.3) is 0 Å². The van der Waals surface area contributed by atoms with Crippen molar-refractivity contribution in [2.24, 2.45) is 0 Å². The average Bonchev–Trinajstić information content (AvgIpc) is 2.30. The lowest BCUT2D eigenvalue weighted by Gasteiger charge is -2.21. The number of ether oxygens (including phenoxy) is 1. The molecule has 0 aliphatic heterocycles. The molecule has 0 amide bonds. The molecule has 2 rings (SSSR count). The summed E-state index contributed by atoms with van der Waals surface area (Å²) >= 11 is 0. The Hall–Kier alpha value is -1.18. The normalized spacial score (nSPS) is 18.4. The van der Waals surface area contributed by atoms with E-state index in [1.54, 1.807) is 13.2 Å². The fraction of sp³-hybridized carbons (Fsp3) is 0.600. The van der Waals surface area contributed by atoms with Crippen molar-refractivity contribution < 1.29 is 9.84 Å². The first-order valence-electron chi connectivity index (χ1n) is 6.68. The molecular weight excluding hydrogens is 212 g/mol. The Morgan fingerprint density at radius 3 is 2.35 bits per heavy atom. The second kappa shape index (κ2) is 5.95. The lowest BCUT2D eigenvalue weighted by Crippen LogP contribution is -2.03. The summed E-state index contributed by atoms with van der Waals surface area (Å²) in [6.07, 6.45) is 8.99. The van der Waals surface area contributed by atoms with Crippen LogP contribution in [0.3, 0.4) is 0 Å². The fourth-order valence-corrected chi connectivity index (χ4v) is 2.75. The zero-order chi connectivity index (χ0) is 12.1. The van der Waals surface area contributed by atoms with Gasteiger partial charge in [0.2, 0.25) is 0 Å². The molecular formula is C15H22O2. The van der Waals surface area contributed by atoms with E-state index in [-0.39, 0.29) is 0 Å². The summed E-state index contributed by atoms with van der Waals surface area (Å²) in [5.74, 6) is 1.78. The molecule has 0 saturated heterocycles. The minimum absolute atomic E-state index is 0.427. The van der Waals surface area contributed by atoms with Gasteiger partial charge in [-0.15, -0.1) is 0 Å². The van der Waals surface area contributed by atoms with Crippen LogP contribution < -0.4 is 4.74 Å². The lowest BCUT2D eigenvalue weighted by atomic mass is 9.85. The van der Waals surface area contributed by atoms with Crippen LogP contribution in [0.2, 0.25) is 0 Å². The van der Waals surface area contributed by atoms with Gasteiger partial charge in [-0.25, -0.2) is 0 Å². The van der Waals surface area contributed by atoms with Crippen LogP contribution in [0.5, 0.6) is 11.5 Å². The number of hydrogen-bond acceptors (Lipinski definition) is 2. The van der Waals surface area contributed by atoms with Crippen molar-refractivity contribution in [3.05, 3.63) is 23.8 Å². The van der Waals surface area contributed by atoms with Crippen LogP contribution in [-0.2, 0) is 0 Å². The summed E-state index contributed by atoms with van der Waals surface area (Å²) in [5, 5.41) is 9.99. The maximum absolute atomic E-state index is 9.99. The monoisotopic (exact) mass is 234 g/mol. The highest BCUT2D eigenvalue weighted by Gasteiger charge is 2.17. The van der Waals surface area contributed by atoms with Gasteiger partial charge in [-0.3, -0.25) is 0 Å². The van der Waals surface area contributed by atoms with Crippen LogP contribution in [0, 0.1) is 0 Å². The van der Waals surface area contributed by atoms with Gasteiger partial charge >= 0.3 is 0 Å². The van der Waals surface area contributed by atoms with Crippen LogP contribution in [0.4, 0.5) is 0 Å². The largest absolute Gasteiger partial charge is 0.508 e. The summed E-state index contributed by atoms with van der Waals surface area (Å²) in [5.41, 5.74) is 1.08. The molecule has 1 aliphatic rings. The third-order valence-corrected chi connectivity index (χ3v) is 3.78. The quantitative estimate of drug-likeness (QED) is 0.829. The van der Waals surface area contributed by atoms with Gasteiger partial charge in [-0.1, -0.05) is 32.1 Å². The summed E-state index contributed by atoms with van der Waals surface area (Å²) in [7, 11) is 1.67. The number of methoxy groups -OCH3 is 1. The van der Waals surface area contributed by atoms with E-state index in [2.05, 4.69) is 0 Å². The second-order valence-corrected chi connectivity index (χ2v) is 4.97. The van der Waals surface area contributed by atoms with E-state index in [4.69, 9.17) is 4.74 Å². The van der Waals surface area contributed by atoms with Gasteiger partial charge in [0.15, 0.2) is 0 Å². The molecule has 1 aromatic rings. The highest BCUT2D eigenvalue weighted by atomic mass is 16.5. The zero-order valence-corrected chi connectivity index (χ0v) is 10.6. The molecule has 1 fully saturated rings. The summed E-state index contributed by atoms with van der Waals surface area (Å²) < 4.78 is 5.25.